The van der Waals surface area contributed by atoms with Crippen molar-refractivity contribution in [1.29, 1.82) is 5.26 Å². The van der Waals surface area contributed by atoms with Crippen molar-refractivity contribution in [2.24, 2.45) is 0 Å². The third-order valence-electron chi connectivity index (χ3n) is 4.97. The van der Waals surface area contributed by atoms with E-state index in [0.29, 0.717) is 48.5 Å². The summed E-state index contributed by atoms with van der Waals surface area (Å²) in [5, 5.41) is 10.1. The summed E-state index contributed by atoms with van der Waals surface area (Å²) in [7, 11) is 0. The Morgan fingerprint density at radius 2 is 1.90 bits per heavy atom. The van der Waals surface area contributed by atoms with E-state index in [-0.39, 0.29) is 11.6 Å². The van der Waals surface area contributed by atoms with Gasteiger partial charge in [-0.2, -0.15) is 10.2 Å². The van der Waals surface area contributed by atoms with E-state index in [2.05, 4.69) is 11.1 Å². The van der Waals surface area contributed by atoms with Crippen molar-refractivity contribution in [3.8, 4) is 6.07 Å². The fourth-order valence-electron chi connectivity index (χ4n) is 3.37. The Morgan fingerprint density at radius 1 is 1.13 bits per heavy atom. The highest BCUT2D eigenvalue weighted by Crippen LogP contribution is 2.25. The number of hydrogen-bond donors (Lipinski definition) is 0. The van der Waals surface area contributed by atoms with Crippen molar-refractivity contribution in [1.82, 2.24) is 9.88 Å². The van der Waals surface area contributed by atoms with Gasteiger partial charge in [-0.25, -0.2) is 4.39 Å². The summed E-state index contributed by atoms with van der Waals surface area (Å²) in [6.45, 7) is 1.79. The number of amides is 1. The summed E-state index contributed by atoms with van der Waals surface area (Å²) in [6, 6.07) is 15.1. The molecule has 3 aromatic rings. The zero-order chi connectivity index (χ0) is 21.8. The minimum Gasteiger partial charge on any atom is -0.420 e. The third-order valence-corrected chi connectivity index (χ3v) is 5.31. The highest BCUT2D eigenvalue weighted by atomic mass is 35.5. The van der Waals surface area contributed by atoms with Gasteiger partial charge in [0.2, 0.25) is 17.5 Å². The van der Waals surface area contributed by atoms with Gasteiger partial charge >= 0.3 is 0 Å². The lowest BCUT2D eigenvalue weighted by atomic mass is 10.1. The van der Waals surface area contributed by atoms with Gasteiger partial charge in [-0.15, -0.1) is 0 Å². The second kappa shape index (κ2) is 9.02. The molecule has 0 atom stereocenters. The number of halogens is 2. The molecule has 0 radical (unpaired) electrons. The van der Waals surface area contributed by atoms with E-state index >= 15 is 0 Å². The molecule has 1 aliphatic rings. The maximum Gasteiger partial charge on any atom is 0.254 e. The quantitative estimate of drug-likeness (QED) is 0.603. The number of carbonyl (C=O) groups excluding carboxylic acids is 1. The Bertz CT molecular complexity index is 1180. The molecule has 0 aliphatic carbocycles. The number of piperazine rings is 1. The molecule has 1 fully saturated rings. The molecule has 1 amide bonds. The Balaban J connectivity index is 1.45. The van der Waals surface area contributed by atoms with E-state index in [0.717, 1.165) is 5.56 Å². The number of rotatable bonds is 4. The van der Waals surface area contributed by atoms with Gasteiger partial charge in [-0.3, -0.25) is 4.79 Å². The van der Waals surface area contributed by atoms with Crippen LogP contribution in [0.25, 0.3) is 12.2 Å². The smallest absolute Gasteiger partial charge is 0.254 e. The van der Waals surface area contributed by atoms with Crippen LogP contribution in [0.5, 0.6) is 0 Å². The standard InChI is InChI=1S/C23H18ClFN4O2/c24-19-7-2-1-4-16(19)8-9-21-27-20(15-26)23(31-21)29-12-10-28(11-13-29)22(30)17-5-3-6-18(25)14-17/h1-9,14H,10-13H2/b9-8+. The average molecular weight is 437 g/mol. The largest absolute Gasteiger partial charge is 0.420 e. The molecule has 8 heteroatoms. The number of carbonyl (C=O) groups is 1. The minimum absolute atomic E-state index is 0.184. The van der Waals surface area contributed by atoms with Crippen molar-refractivity contribution >= 4 is 35.5 Å². The highest BCUT2D eigenvalue weighted by Gasteiger charge is 2.26. The van der Waals surface area contributed by atoms with E-state index < -0.39 is 5.82 Å². The Hall–Kier alpha value is -3.63. The van der Waals surface area contributed by atoms with Gasteiger partial charge in [0.25, 0.3) is 5.91 Å². The van der Waals surface area contributed by atoms with Crippen LogP contribution < -0.4 is 4.90 Å². The molecule has 2 aromatic carbocycles. The van der Waals surface area contributed by atoms with Crippen molar-refractivity contribution in [3.63, 3.8) is 0 Å². The number of nitriles is 1. The Labute approximate surface area is 183 Å². The molecule has 0 N–H and O–H groups in total. The Kier molecular flexibility index (Phi) is 6.01. The molecule has 0 spiro atoms. The van der Waals surface area contributed by atoms with Gasteiger partial charge in [0.05, 0.1) is 0 Å². The molecule has 0 saturated carbocycles. The Morgan fingerprint density at radius 3 is 2.61 bits per heavy atom. The number of hydrogen-bond acceptors (Lipinski definition) is 5. The molecule has 156 valence electrons. The van der Waals surface area contributed by atoms with E-state index in [1.54, 1.807) is 29.2 Å². The summed E-state index contributed by atoms with van der Waals surface area (Å²) in [5.74, 6) is 0.00618. The fourth-order valence-corrected chi connectivity index (χ4v) is 3.57. The van der Waals surface area contributed by atoms with Crippen molar-refractivity contribution < 1.29 is 13.6 Å². The van der Waals surface area contributed by atoms with Crippen LogP contribution in [0.2, 0.25) is 5.02 Å². The van der Waals surface area contributed by atoms with Crippen molar-refractivity contribution in [2.75, 3.05) is 31.1 Å². The van der Waals surface area contributed by atoms with Crippen LogP contribution in [0.15, 0.2) is 52.9 Å². The topological polar surface area (TPSA) is 73.4 Å². The van der Waals surface area contributed by atoms with E-state index in [1.165, 1.54) is 18.2 Å². The molecule has 1 saturated heterocycles. The first-order valence-corrected chi connectivity index (χ1v) is 10.1. The molecule has 6 nitrogen and oxygen atoms in total. The first kappa shape index (κ1) is 20.6. The summed E-state index contributed by atoms with van der Waals surface area (Å²) in [6.07, 6.45) is 3.43. The predicted molar refractivity (Wildman–Crippen MR) is 116 cm³/mol. The van der Waals surface area contributed by atoms with Crippen LogP contribution in [-0.2, 0) is 0 Å². The maximum atomic E-state index is 13.4. The molecule has 0 unspecified atom stereocenters. The molecular weight excluding hydrogens is 419 g/mol. The summed E-state index contributed by atoms with van der Waals surface area (Å²) >= 11 is 6.15. The predicted octanol–water partition coefficient (Wildman–Crippen LogP) is 4.47. The fraction of sp³-hybridized carbons (Fsp3) is 0.174. The summed E-state index contributed by atoms with van der Waals surface area (Å²) in [5.41, 5.74) is 1.31. The van der Waals surface area contributed by atoms with E-state index in [4.69, 9.17) is 16.0 Å². The number of benzene rings is 2. The second-order valence-corrected chi connectivity index (χ2v) is 7.37. The SMILES string of the molecule is N#Cc1nc(/C=C/c2ccccc2Cl)oc1N1CCN(C(=O)c2cccc(F)c2)CC1. The van der Waals surface area contributed by atoms with Crippen molar-refractivity contribution in [2.45, 2.75) is 0 Å². The zero-order valence-electron chi connectivity index (χ0n) is 16.5. The van der Waals surface area contributed by atoms with Gasteiger partial charge in [0, 0.05) is 42.8 Å². The minimum atomic E-state index is -0.442. The van der Waals surface area contributed by atoms with Crippen LogP contribution in [0, 0.1) is 17.1 Å². The molecule has 1 aliphatic heterocycles. The first-order valence-electron chi connectivity index (χ1n) is 9.68. The van der Waals surface area contributed by atoms with Gasteiger partial charge in [-0.05, 0) is 35.9 Å². The number of anilines is 1. The van der Waals surface area contributed by atoms with Crippen molar-refractivity contribution in [3.05, 3.63) is 82.1 Å². The number of oxazole rings is 1. The molecule has 0 bridgehead atoms. The van der Waals surface area contributed by atoms with Crippen LogP contribution in [-0.4, -0.2) is 42.0 Å². The lowest BCUT2D eigenvalue weighted by Crippen LogP contribution is -2.48. The monoisotopic (exact) mass is 436 g/mol. The first-order chi connectivity index (χ1) is 15.0. The van der Waals surface area contributed by atoms with Crippen LogP contribution in [0.4, 0.5) is 10.3 Å². The molecule has 31 heavy (non-hydrogen) atoms. The van der Waals surface area contributed by atoms with Crippen LogP contribution in [0.1, 0.15) is 27.5 Å². The lowest BCUT2D eigenvalue weighted by Gasteiger charge is -2.34. The molecule has 2 heterocycles. The van der Waals surface area contributed by atoms with E-state index in [9.17, 15) is 14.4 Å². The van der Waals surface area contributed by atoms with Gasteiger partial charge in [-0.1, -0.05) is 35.9 Å². The van der Waals surface area contributed by atoms with Crippen LogP contribution >= 0.6 is 11.6 Å². The normalized spacial score (nSPS) is 14.1. The van der Waals surface area contributed by atoms with Gasteiger partial charge in [0.1, 0.15) is 11.9 Å². The average Bonchev–Trinajstić information content (AvgIpc) is 3.21. The van der Waals surface area contributed by atoms with E-state index in [1.807, 2.05) is 23.1 Å². The van der Waals surface area contributed by atoms with Crippen LogP contribution in [0.3, 0.4) is 0 Å². The third kappa shape index (κ3) is 4.60. The molecular formula is C23H18ClFN4O2. The molecule has 4 rings (SSSR count). The lowest BCUT2D eigenvalue weighted by molar-refractivity contribution is 0.0745. The molecule has 1 aromatic heterocycles. The number of nitrogens with zero attached hydrogens (tertiary/aromatic N) is 4. The highest BCUT2D eigenvalue weighted by molar-refractivity contribution is 6.32. The van der Waals surface area contributed by atoms with Gasteiger partial charge in [0.15, 0.2) is 0 Å². The summed E-state index contributed by atoms with van der Waals surface area (Å²) in [4.78, 5) is 20.4. The number of aromatic nitrogens is 1. The summed E-state index contributed by atoms with van der Waals surface area (Å²) < 4.78 is 19.2. The zero-order valence-corrected chi connectivity index (χ0v) is 17.2. The maximum absolute atomic E-state index is 13.4. The van der Waals surface area contributed by atoms with Gasteiger partial charge < -0.3 is 14.2 Å². The second-order valence-electron chi connectivity index (χ2n) is 6.96.